The predicted octanol–water partition coefficient (Wildman–Crippen LogP) is 4.27. The van der Waals surface area contributed by atoms with E-state index < -0.39 is 17.5 Å². The monoisotopic (exact) mass is 319 g/mol. The molecule has 1 aromatic carbocycles. The molecule has 0 aliphatic heterocycles. The summed E-state index contributed by atoms with van der Waals surface area (Å²) in [6.45, 7) is 1.79. The topological polar surface area (TPSA) is 68.1 Å². The van der Waals surface area contributed by atoms with Crippen molar-refractivity contribution in [3.8, 4) is 0 Å². The average molecular weight is 319 g/mol. The van der Waals surface area contributed by atoms with E-state index in [4.69, 9.17) is 0 Å². The largest absolute Gasteiger partial charge is 0.389 e. The van der Waals surface area contributed by atoms with Gasteiger partial charge in [-0.15, -0.1) is 11.3 Å². The average Bonchev–Trinajstić information content (AvgIpc) is 2.71. The molecule has 0 fully saturated rings. The molecule has 5 nitrogen and oxygen atoms in total. The van der Waals surface area contributed by atoms with E-state index in [2.05, 4.69) is 10.3 Å². The van der Waals surface area contributed by atoms with Crippen LogP contribution in [0, 0.1) is 17.0 Å². The number of rotatable bonds is 5. The van der Waals surface area contributed by atoms with Crippen LogP contribution in [-0.2, 0) is 0 Å². The van der Waals surface area contributed by atoms with Gasteiger partial charge in [-0.1, -0.05) is 0 Å². The maximum Gasteiger partial charge on any atom is 0.389 e. The third-order valence-electron chi connectivity index (χ3n) is 2.76. The maximum atomic E-state index is 12.1. The van der Waals surface area contributed by atoms with Crippen LogP contribution in [0.25, 0.3) is 10.2 Å². The van der Waals surface area contributed by atoms with Gasteiger partial charge >= 0.3 is 6.18 Å². The Bertz CT molecular complexity index is 670. The number of fused-ring (bicyclic) bond motifs is 1. The van der Waals surface area contributed by atoms with Gasteiger partial charge in [0.05, 0.1) is 20.1 Å². The molecule has 0 radical (unpaired) electrons. The highest BCUT2D eigenvalue weighted by Gasteiger charge is 2.26. The number of aryl methyl sites for hydroxylation is 1. The van der Waals surface area contributed by atoms with Crippen LogP contribution in [0.1, 0.15) is 17.8 Å². The standard InChI is InChI=1S/C12H12F3N3O2S/c1-7-17-9-5-8(16-4-2-3-12(13,14)15)10(18(19)20)6-11(9)21-7/h5-6,16H,2-4H2,1H3. The molecule has 0 atom stereocenters. The number of hydrogen-bond acceptors (Lipinski definition) is 5. The van der Waals surface area contributed by atoms with Crippen molar-refractivity contribution >= 4 is 32.9 Å². The Hall–Kier alpha value is -1.90. The number of nitro groups is 1. The summed E-state index contributed by atoms with van der Waals surface area (Å²) >= 11 is 1.33. The van der Waals surface area contributed by atoms with Gasteiger partial charge in [0.1, 0.15) is 5.69 Å². The molecule has 0 bridgehead atoms. The summed E-state index contributed by atoms with van der Waals surface area (Å²) in [7, 11) is 0. The molecule has 0 aliphatic carbocycles. The van der Waals surface area contributed by atoms with Crippen LogP contribution in [0.4, 0.5) is 24.5 Å². The lowest BCUT2D eigenvalue weighted by Crippen LogP contribution is -2.11. The van der Waals surface area contributed by atoms with E-state index >= 15 is 0 Å². The molecule has 0 saturated heterocycles. The summed E-state index contributed by atoms with van der Waals surface area (Å²) in [5.74, 6) is 0. The lowest BCUT2D eigenvalue weighted by Gasteiger charge is -2.08. The molecule has 0 aliphatic rings. The minimum atomic E-state index is -4.22. The minimum absolute atomic E-state index is 0.00890. The molecule has 1 heterocycles. The van der Waals surface area contributed by atoms with Crippen LogP contribution >= 0.6 is 11.3 Å². The van der Waals surface area contributed by atoms with Crippen molar-refractivity contribution in [2.45, 2.75) is 25.9 Å². The number of anilines is 1. The van der Waals surface area contributed by atoms with Gasteiger partial charge in [-0.25, -0.2) is 4.98 Å². The first kappa shape index (κ1) is 15.5. The number of benzene rings is 1. The van der Waals surface area contributed by atoms with Crippen molar-refractivity contribution < 1.29 is 18.1 Å². The second-order valence-electron chi connectivity index (χ2n) is 4.47. The highest BCUT2D eigenvalue weighted by molar-refractivity contribution is 7.18. The number of aromatic nitrogens is 1. The molecule has 0 spiro atoms. The first-order chi connectivity index (χ1) is 9.76. The maximum absolute atomic E-state index is 12.1. The van der Waals surface area contributed by atoms with E-state index in [9.17, 15) is 23.3 Å². The van der Waals surface area contributed by atoms with E-state index in [-0.39, 0.29) is 24.3 Å². The Morgan fingerprint density at radius 2 is 2.14 bits per heavy atom. The summed E-state index contributed by atoms with van der Waals surface area (Å²) in [5, 5.41) is 14.5. The third-order valence-corrected chi connectivity index (χ3v) is 3.70. The normalized spacial score (nSPS) is 11.8. The Morgan fingerprint density at radius 1 is 1.43 bits per heavy atom. The van der Waals surface area contributed by atoms with Gasteiger partial charge in [-0.05, 0) is 19.4 Å². The van der Waals surface area contributed by atoms with E-state index in [1.165, 1.54) is 23.5 Å². The van der Waals surface area contributed by atoms with Crippen molar-refractivity contribution in [2.75, 3.05) is 11.9 Å². The van der Waals surface area contributed by atoms with Gasteiger partial charge in [0.25, 0.3) is 5.69 Å². The van der Waals surface area contributed by atoms with Crippen LogP contribution in [0.2, 0.25) is 0 Å². The molecule has 1 aromatic heterocycles. The number of alkyl halides is 3. The molecule has 0 saturated carbocycles. The third kappa shape index (κ3) is 4.03. The quantitative estimate of drug-likeness (QED) is 0.508. The van der Waals surface area contributed by atoms with Gasteiger partial charge in [0.15, 0.2) is 0 Å². The van der Waals surface area contributed by atoms with Crippen LogP contribution < -0.4 is 5.32 Å². The number of nitro benzene ring substituents is 1. The molecule has 2 rings (SSSR count). The molecule has 1 N–H and O–H groups in total. The molecule has 0 unspecified atom stereocenters. The summed E-state index contributed by atoms with van der Waals surface area (Å²) in [4.78, 5) is 14.7. The van der Waals surface area contributed by atoms with Gasteiger partial charge in [0, 0.05) is 19.0 Å². The van der Waals surface area contributed by atoms with Crippen molar-refractivity contribution in [3.63, 3.8) is 0 Å². The lowest BCUT2D eigenvalue weighted by molar-refractivity contribution is -0.383. The Balaban J connectivity index is 2.17. The zero-order chi connectivity index (χ0) is 15.6. The number of nitrogens with one attached hydrogen (secondary N) is 1. The molecule has 114 valence electrons. The first-order valence-electron chi connectivity index (χ1n) is 6.12. The van der Waals surface area contributed by atoms with Gasteiger partial charge in [-0.3, -0.25) is 10.1 Å². The van der Waals surface area contributed by atoms with E-state index in [0.29, 0.717) is 10.2 Å². The van der Waals surface area contributed by atoms with Gasteiger partial charge in [0.2, 0.25) is 0 Å². The van der Waals surface area contributed by atoms with Crippen LogP contribution in [0.15, 0.2) is 12.1 Å². The van der Waals surface area contributed by atoms with Gasteiger partial charge < -0.3 is 5.32 Å². The zero-order valence-corrected chi connectivity index (χ0v) is 11.8. The summed E-state index contributed by atoms with van der Waals surface area (Å²) < 4.78 is 36.8. The van der Waals surface area contributed by atoms with E-state index in [1.807, 2.05) is 0 Å². The second-order valence-corrected chi connectivity index (χ2v) is 5.71. The lowest BCUT2D eigenvalue weighted by atomic mass is 10.2. The fourth-order valence-electron chi connectivity index (χ4n) is 1.88. The van der Waals surface area contributed by atoms with Crippen molar-refractivity contribution in [3.05, 3.63) is 27.3 Å². The van der Waals surface area contributed by atoms with Crippen molar-refractivity contribution in [2.24, 2.45) is 0 Å². The number of thiazole rings is 1. The summed E-state index contributed by atoms with van der Waals surface area (Å²) in [6, 6.07) is 2.90. The molecule has 0 amide bonds. The Labute approximate surface area is 121 Å². The van der Waals surface area contributed by atoms with Crippen LogP contribution in [0.3, 0.4) is 0 Å². The molecular weight excluding hydrogens is 307 g/mol. The Morgan fingerprint density at radius 3 is 2.76 bits per heavy atom. The molecule has 2 aromatic rings. The van der Waals surface area contributed by atoms with Crippen LogP contribution in [-0.4, -0.2) is 22.6 Å². The molecular formula is C12H12F3N3O2S. The second kappa shape index (κ2) is 5.84. The molecule has 9 heteroatoms. The van der Waals surface area contributed by atoms with Crippen LogP contribution in [0.5, 0.6) is 0 Å². The minimum Gasteiger partial charge on any atom is -0.379 e. The highest BCUT2D eigenvalue weighted by atomic mass is 32.1. The molecule has 21 heavy (non-hydrogen) atoms. The predicted molar refractivity (Wildman–Crippen MR) is 74.8 cm³/mol. The fraction of sp³-hybridized carbons (Fsp3) is 0.417. The Kier molecular flexibility index (Phi) is 4.31. The zero-order valence-electron chi connectivity index (χ0n) is 11.0. The van der Waals surface area contributed by atoms with Crippen molar-refractivity contribution in [1.29, 1.82) is 0 Å². The van der Waals surface area contributed by atoms with Gasteiger partial charge in [-0.2, -0.15) is 13.2 Å². The van der Waals surface area contributed by atoms with Crippen molar-refractivity contribution in [1.82, 2.24) is 4.98 Å². The summed E-state index contributed by atoms with van der Waals surface area (Å²) in [6.07, 6.45) is -5.29. The number of nitrogens with zero attached hydrogens (tertiary/aromatic N) is 2. The van der Waals surface area contributed by atoms with E-state index in [0.717, 1.165) is 5.01 Å². The fourth-order valence-corrected chi connectivity index (χ4v) is 2.72. The van der Waals surface area contributed by atoms with E-state index in [1.54, 1.807) is 6.92 Å². The summed E-state index contributed by atoms with van der Waals surface area (Å²) in [5.41, 5.74) is 0.638. The first-order valence-corrected chi connectivity index (χ1v) is 6.94. The number of halogens is 3. The highest BCUT2D eigenvalue weighted by Crippen LogP contribution is 2.33. The SMILES string of the molecule is Cc1nc2cc(NCCCC(F)(F)F)c([N+](=O)[O-])cc2s1. The smallest absolute Gasteiger partial charge is 0.379 e. The number of hydrogen-bond donors (Lipinski definition) is 1.